The van der Waals surface area contributed by atoms with E-state index in [-0.39, 0.29) is 0 Å². The van der Waals surface area contributed by atoms with Crippen molar-refractivity contribution in [2.75, 3.05) is 19.0 Å². The van der Waals surface area contributed by atoms with Gasteiger partial charge in [0, 0.05) is 18.9 Å². The maximum Gasteiger partial charge on any atom is 0.341 e. The molecule has 154 valence electrons. The summed E-state index contributed by atoms with van der Waals surface area (Å²) >= 11 is 0. The fourth-order valence-electron chi connectivity index (χ4n) is 3.16. The number of carbonyl (C=O) groups excluding carboxylic acids is 1. The molecule has 0 saturated carbocycles. The molecule has 0 radical (unpaired) electrons. The van der Waals surface area contributed by atoms with E-state index in [2.05, 4.69) is 26.9 Å². The van der Waals surface area contributed by atoms with Crippen molar-refractivity contribution < 1.29 is 9.53 Å². The van der Waals surface area contributed by atoms with Crippen LogP contribution in [0.5, 0.6) is 0 Å². The number of nitrogens with zero attached hydrogens (tertiary/aromatic N) is 2. The van der Waals surface area contributed by atoms with Crippen molar-refractivity contribution in [1.29, 1.82) is 0 Å². The number of unbranched alkanes of at least 4 members (excludes halogenated alkanes) is 13. The maximum absolute atomic E-state index is 11.3. The van der Waals surface area contributed by atoms with Gasteiger partial charge >= 0.3 is 5.97 Å². The van der Waals surface area contributed by atoms with Gasteiger partial charge in [-0.05, 0) is 6.42 Å². The molecule has 0 unspecified atom stereocenters. The fraction of sp³-hybridized carbons (Fsp3) is 0.773. The molecule has 0 saturated heterocycles. The Kier molecular flexibility index (Phi) is 14.3. The van der Waals surface area contributed by atoms with Gasteiger partial charge in [-0.3, -0.25) is 0 Å². The van der Waals surface area contributed by atoms with E-state index in [1.54, 1.807) is 0 Å². The Labute approximate surface area is 165 Å². The van der Waals surface area contributed by atoms with Crippen molar-refractivity contribution in [3.8, 4) is 0 Å². The second-order valence-corrected chi connectivity index (χ2v) is 7.31. The molecule has 0 aliphatic carbocycles. The molecule has 0 bridgehead atoms. The first-order valence-electron chi connectivity index (χ1n) is 10.9. The summed E-state index contributed by atoms with van der Waals surface area (Å²) in [5.41, 5.74) is 0.375. The monoisotopic (exact) mass is 377 g/mol. The van der Waals surface area contributed by atoms with E-state index in [9.17, 15) is 4.79 Å². The molecule has 0 aliphatic rings. The lowest BCUT2D eigenvalue weighted by molar-refractivity contribution is 0.0600. The van der Waals surface area contributed by atoms with Crippen molar-refractivity contribution in [1.82, 2.24) is 9.97 Å². The van der Waals surface area contributed by atoms with Crippen LogP contribution >= 0.6 is 0 Å². The molecular weight excluding hydrogens is 338 g/mol. The highest BCUT2D eigenvalue weighted by atomic mass is 16.5. The van der Waals surface area contributed by atoms with E-state index in [1.807, 2.05) is 0 Å². The summed E-state index contributed by atoms with van der Waals surface area (Å²) < 4.78 is 4.63. The zero-order valence-electron chi connectivity index (χ0n) is 17.5. The highest BCUT2D eigenvalue weighted by molar-refractivity contribution is 5.88. The smallest absolute Gasteiger partial charge is 0.341 e. The van der Waals surface area contributed by atoms with E-state index < -0.39 is 5.97 Å². The Morgan fingerprint density at radius 3 is 1.70 bits per heavy atom. The first-order valence-corrected chi connectivity index (χ1v) is 10.9. The molecule has 5 nitrogen and oxygen atoms in total. The summed E-state index contributed by atoms with van der Waals surface area (Å²) in [5.74, 6) is 0.158. The molecule has 0 fully saturated rings. The summed E-state index contributed by atoms with van der Waals surface area (Å²) in [6.45, 7) is 3.15. The van der Waals surface area contributed by atoms with E-state index in [0.717, 1.165) is 13.0 Å². The van der Waals surface area contributed by atoms with Crippen LogP contribution in [0.2, 0.25) is 0 Å². The number of rotatable bonds is 17. The number of anilines is 1. The molecule has 1 N–H and O–H groups in total. The average Bonchev–Trinajstić information content (AvgIpc) is 2.70. The number of ether oxygens (including phenoxy) is 1. The van der Waals surface area contributed by atoms with E-state index in [1.165, 1.54) is 103 Å². The van der Waals surface area contributed by atoms with Crippen LogP contribution < -0.4 is 5.32 Å². The topological polar surface area (TPSA) is 64.1 Å². The lowest BCUT2D eigenvalue weighted by Crippen LogP contribution is -2.08. The van der Waals surface area contributed by atoms with Crippen molar-refractivity contribution in [3.05, 3.63) is 18.0 Å². The summed E-state index contributed by atoms with van der Waals surface area (Å²) in [5, 5.41) is 3.20. The second-order valence-electron chi connectivity index (χ2n) is 7.31. The van der Waals surface area contributed by atoms with E-state index in [0.29, 0.717) is 11.5 Å². The predicted molar refractivity (Wildman–Crippen MR) is 112 cm³/mol. The normalized spacial score (nSPS) is 10.7. The Bertz CT molecular complexity index is 477. The molecule has 1 heterocycles. The molecule has 27 heavy (non-hydrogen) atoms. The van der Waals surface area contributed by atoms with Crippen molar-refractivity contribution in [3.63, 3.8) is 0 Å². The third kappa shape index (κ3) is 12.4. The third-order valence-corrected chi connectivity index (χ3v) is 4.89. The first-order chi connectivity index (χ1) is 13.3. The molecule has 0 atom stereocenters. The number of carbonyl (C=O) groups is 1. The van der Waals surface area contributed by atoms with Gasteiger partial charge in [0.15, 0.2) is 0 Å². The van der Waals surface area contributed by atoms with Gasteiger partial charge in [0.1, 0.15) is 0 Å². The highest BCUT2D eigenvalue weighted by Gasteiger charge is 2.06. The largest absolute Gasteiger partial charge is 0.465 e. The van der Waals surface area contributed by atoms with Gasteiger partial charge in [0.2, 0.25) is 5.95 Å². The average molecular weight is 378 g/mol. The molecule has 5 heteroatoms. The Balaban J connectivity index is 1.86. The van der Waals surface area contributed by atoms with Crippen LogP contribution in [0.3, 0.4) is 0 Å². The third-order valence-electron chi connectivity index (χ3n) is 4.89. The Morgan fingerprint density at radius 2 is 1.26 bits per heavy atom. The van der Waals surface area contributed by atoms with Crippen LogP contribution in [0.1, 0.15) is 107 Å². The van der Waals surface area contributed by atoms with Crippen molar-refractivity contribution >= 4 is 11.9 Å². The van der Waals surface area contributed by atoms with E-state index in [4.69, 9.17) is 0 Å². The molecule has 0 aromatic carbocycles. The lowest BCUT2D eigenvalue weighted by atomic mass is 10.0. The van der Waals surface area contributed by atoms with Crippen LogP contribution in [-0.4, -0.2) is 29.6 Å². The van der Waals surface area contributed by atoms with Gasteiger partial charge in [0.25, 0.3) is 0 Å². The SMILES string of the molecule is CCCCCCCCCCCCCCCCNc1ncc(C(=O)OC)cn1. The molecule has 1 aromatic rings. The van der Waals surface area contributed by atoms with Crippen LogP contribution in [0.25, 0.3) is 0 Å². The summed E-state index contributed by atoms with van der Waals surface area (Å²) in [7, 11) is 1.35. The fourth-order valence-corrected chi connectivity index (χ4v) is 3.16. The molecule has 1 rings (SSSR count). The summed E-state index contributed by atoms with van der Waals surface area (Å²) in [4.78, 5) is 19.6. The number of hydrogen-bond donors (Lipinski definition) is 1. The number of methoxy groups -OCH3 is 1. The minimum atomic E-state index is -0.409. The van der Waals surface area contributed by atoms with E-state index >= 15 is 0 Å². The Hall–Kier alpha value is -1.65. The predicted octanol–water partition coefficient (Wildman–Crippen LogP) is 6.16. The van der Waals surface area contributed by atoms with Crippen molar-refractivity contribution in [2.45, 2.75) is 96.8 Å². The molecule has 0 amide bonds. The minimum Gasteiger partial charge on any atom is -0.465 e. The molecule has 0 spiro atoms. The zero-order valence-corrected chi connectivity index (χ0v) is 17.5. The lowest BCUT2D eigenvalue weighted by Gasteiger charge is -2.05. The van der Waals surface area contributed by atoms with Crippen LogP contribution in [0.4, 0.5) is 5.95 Å². The number of nitrogens with one attached hydrogen (secondary N) is 1. The van der Waals surface area contributed by atoms with Crippen molar-refractivity contribution in [2.24, 2.45) is 0 Å². The number of esters is 1. The summed E-state index contributed by atoms with van der Waals surface area (Å²) in [6, 6.07) is 0. The zero-order chi connectivity index (χ0) is 19.6. The first kappa shape index (κ1) is 23.4. The van der Waals surface area contributed by atoms with Gasteiger partial charge in [-0.15, -0.1) is 0 Å². The van der Waals surface area contributed by atoms with Gasteiger partial charge in [-0.25, -0.2) is 14.8 Å². The highest BCUT2D eigenvalue weighted by Crippen LogP contribution is 2.13. The molecule has 0 aliphatic heterocycles. The Morgan fingerprint density at radius 1 is 0.815 bits per heavy atom. The summed E-state index contributed by atoms with van der Waals surface area (Å²) in [6.07, 6.45) is 22.1. The maximum atomic E-state index is 11.3. The van der Waals surface area contributed by atoms with Crippen LogP contribution in [-0.2, 0) is 4.74 Å². The van der Waals surface area contributed by atoms with Gasteiger partial charge in [-0.1, -0.05) is 90.4 Å². The second kappa shape index (κ2) is 16.5. The molecule has 1 aromatic heterocycles. The quantitative estimate of drug-likeness (QED) is 0.260. The molecular formula is C22H39N3O2. The number of hydrogen-bond acceptors (Lipinski definition) is 5. The van der Waals surface area contributed by atoms with Gasteiger partial charge in [0.05, 0.1) is 12.7 Å². The van der Waals surface area contributed by atoms with Crippen LogP contribution in [0.15, 0.2) is 12.4 Å². The van der Waals surface area contributed by atoms with Gasteiger partial charge in [-0.2, -0.15) is 0 Å². The standard InChI is InChI=1S/C22H39N3O2/c1-3-4-5-6-7-8-9-10-11-12-13-14-15-16-17-23-22-24-18-20(19-25-22)21(26)27-2/h18-19H,3-17H2,1-2H3,(H,23,24,25). The minimum absolute atomic E-state index is 0.375. The van der Waals surface area contributed by atoms with Gasteiger partial charge < -0.3 is 10.1 Å². The van der Waals surface area contributed by atoms with Crippen LogP contribution in [0, 0.1) is 0 Å². The number of aromatic nitrogens is 2.